The molecule has 0 fully saturated rings. The summed E-state index contributed by atoms with van der Waals surface area (Å²) in [5.41, 5.74) is -2.37. The largest absolute Gasteiger partial charge is 0.479 e. The summed E-state index contributed by atoms with van der Waals surface area (Å²) in [6, 6.07) is 0. The van der Waals surface area contributed by atoms with Crippen molar-refractivity contribution >= 4 is 17.8 Å². The van der Waals surface area contributed by atoms with Gasteiger partial charge < -0.3 is 20.8 Å². The molecule has 2 amide bonds. The van der Waals surface area contributed by atoms with Gasteiger partial charge in [-0.1, -0.05) is 13.8 Å². The molecule has 0 aromatic heterocycles. The zero-order valence-corrected chi connectivity index (χ0v) is 11.4. The molecule has 19 heavy (non-hydrogen) atoms. The van der Waals surface area contributed by atoms with Gasteiger partial charge in [-0.2, -0.15) is 0 Å². The van der Waals surface area contributed by atoms with Crippen LogP contribution in [0.25, 0.3) is 0 Å². The Labute approximate surface area is 112 Å². The van der Waals surface area contributed by atoms with E-state index in [0.717, 1.165) is 0 Å². The Morgan fingerprint density at radius 2 is 1.32 bits per heavy atom. The highest BCUT2D eigenvalue weighted by Crippen LogP contribution is 2.16. The molecule has 0 unspecified atom stereocenters. The number of aliphatic carboxylic acids is 1. The van der Waals surface area contributed by atoms with E-state index in [9.17, 15) is 19.5 Å². The topological polar surface area (TPSA) is 116 Å². The van der Waals surface area contributed by atoms with Gasteiger partial charge in [-0.05, 0) is 12.8 Å². The van der Waals surface area contributed by atoms with Crippen molar-refractivity contribution in [2.24, 2.45) is 0 Å². The maximum absolute atomic E-state index is 11.5. The first-order valence-electron chi connectivity index (χ1n) is 6.35. The second-order valence-electron chi connectivity index (χ2n) is 4.39. The lowest BCUT2D eigenvalue weighted by molar-refractivity contribution is -0.164. The molecule has 0 radical (unpaired) electrons. The fourth-order valence-electron chi connectivity index (χ4n) is 1.40. The molecule has 0 spiro atoms. The summed E-state index contributed by atoms with van der Waals surface area (Å²) >= 11 is 0. The molecule has 0 bridgehead atoms. The summed E-state index contributed by atoms with van der Waals surface area (Å²) in [5, 5.41) is 23.8. The average Bonchev–Trinajstić information content (AvgIpc) is 2.33. The fourth-order valence-corrected chi connectivity index (χ4v) is 1.40. The van der Waals surface area contributed by atoms with E-state index in [1.807, 2.05) is 13.8 Å². The number of hydrogen-bond acceptors (Lipinski definition) is 4. The molecular formula is C12H22N2O5. The Morgan fingerprint density at radius 1 is 0.947 bits per heavy atom. The molecule has 0 aliphatic carbocycles. The van der Waals surface area contributed by atoms with Crippen molar-refractivity contribution in [2.75, 3.05) is 13.1 Å². The maximum Gasteiger partial charge on any atom is 0.336 e. The standard InChI is InChI=1S/C12H22N2O5/c1-3-5-13-9(15)7-12(19,11(17)18)8-10(16)14-6-4-2/h19H,3-8H2,1-2H3,(H,13,15)(H,14,16)(H,17,18). The highest BCUT2D eigenvalue weighted by atomic mass is 16.4. The summed E-state index contributed by atoms with van der Waals surface area (Å²) in [5.74, 6) is -2.75. The molecular weight excluding hydrogens is 252 g/mol. The van der Waals surface area contributed by atoms with E-state index in [1.54, 1.807) is 0 Å². The molecule has 0 saturated carbocycles. The average molecular weight is 274 g/mol. The minimum atomic E-state index is -2.37. The molecule has 7 heteroatoms. The SMILES string of the molecule is CCCNC(=O)CC(O)(CC(=O)NCCC)C(=O)O. The molecule has 0 atom stereocenters. The van der Waals surface area contributed by atoms with Crippen LogP contribution in [0.4, 0.5) is 0 Å². The van der Waals surface area contributed by atoms with Crippen molar-refractivity contribution in [3.8, 4) is 0 Å². The Hall–Kier alpha value is -1.63. The van der Waals surface area contributed by atoms with Crippen LogP contribution in [-0.4, -0.2) is 46.7 Å². The van der Waals surface area contributed by atoms with Gasteiger partial charge in [0.1, 0.15) is 0 Å². The maximum atomic E-state index is 11.5. The van der Waals surface area contributed by atoms with Gasteiger partial charge in [-0.3, -0.25) is 9.59 Å². The molecule has 0 aliphatic heterocycles. The van der Waals surface area contributed by atoms with Crippen LogP contribution in [0.1, 0.15) is 39.5 Å². The first-order chi connectivity index (χ1) is 8.85. The Kier molecular flexibility index (Phi) is 7.74. The van der Waals surface area contributed by atoms with Gasteiger partial charge >= 0.3 is 5.97 Å². The van der Waals surface area contributed by atoms with E-state index in [1.165, 1.54) is 0 Å². The van der Waals surface area contributed by atoms with E-state index in [-0.39, 0.29) is 0 Å². The van der Waals surface area contributed by atoms with Crippen LogP contribution >= 0.6 is 0 Å². The molecule has 4 N–H and O–H groups in total. The Bertz CT molecular complexity index is 308. The lowest BCUT2D eigenvalue weighted by Crippen LogP contribution is -2.47. The van der Waals surface area contributed by atoms with E-state index < -0.39 is 36.2 Å². The van der Waals surface area contributed by atoms with Crippen molar-refractivity contribution in [1.82, 2.24) is 10.6 Å². The number of aliphatic hydroxyl groups is 1. The zero-order chi connectivity index (χ0) is 14.9. The van der Waals surface area contributed by atoms with Gasteiger partial charge in [-0.15, -0.1) is 0 Å². The van der Waals surface area contributed by atoms with Crippen LogP contribution in [-0.2, 0) is 14.4 Å². The first-order valence-corrected chi connectivity index (χ1v) is 6.35. The smallest absolute Gasteiger partial charge is 0.336 e. The summed E-state index contributed by atoms with van der Waals surface area (Å²) in [4.78, 5) is 33.9. The molecule has 110 valence electrons. The first kappa shape index (κ1) is 17.4. The summed E-state index contributed by atoms with van der Waals surface area (Å²) < 4.78 is 0. The molecule has 0 aromatic carbocycles. The van der Waals surface area contributed by atoms with Crippen molar-refractivity contribution < 1.29 is 24.6 Å². The quantitative estimate of drug-likeness (QED) is 0.458. The monoisotopic (exact) mass is 274 g/mol. The van der Waals surface area contributed by atoms with Crippen LogP contribution in [0.15, 0.2) is 0 Å². The number of carbonyl (C=O) groups excluding carboxylic acids is 2. The number of rotatable bonds is 9. The minimum absolute atomic E-state index is 0.399. The van der Waals surface area contributed by atoms with E-state index in [0.29, 0.717) is 25.9 Å². The third kappa shape index (κ3) is 6.76. The van der Waals surface area contributed by atoms with Crippen LogP contribution in [0.2, 0.25) is 0 Å². The number of hydrogen-bond donors (Lipinski definition) is 4. The Morgan fingerprint density at radius 3 is 1.58 bits per heavy atom. The van der Waals surface area contributed by atoms with Gasteiger partial charge in [0.2, 0.25) is 11.8 Å². The lowest BCUT2D eigenvalue weighted by atomic mass is 9.94. The van der Waals surface area contributed by atoms with Crippen LogP contribution in [0.5, 0.6) is 0 Å². The van der Waals surface area contributed by atoms with E-state index in [4.69, 9.17) is 5.11 Å². The summed E-state index contributed by atoms with van der Waals surface area (Å²) in [7, 11) is 0. The predicted molar refractivity (Wildman–Crippen MR) is 68.4 cm³/mol. The van der Waals surface area contributed by atoms with Crippen LogP contribution in [0, 0.1) is 0 Å². The number of carboxylic acid groups (broad SMARTS) is 1. The van der Waals surface area contributed by atoms with Gasteiger partial charge in [-0.25, -0.2) is 4.79 Å². The summed E-state index contributed by atoms with van der Waals surface area (Å²) in [6.07, 6.45) is 0.131. The number of nitrogens with one attached hydrogen (secondary N) is 2. The highest BCUT2D eigenvalue weighted by molar-refractivity contribution is 5.91. The lowest BCUT2D eigenvalue weighted by Gasteiger charge is -2.22. The number of carbonyl (C=O) groups is 3. The highest BCUT2D eigenvalue weighted by Gasteiger charge is 2.40. The van der Waals surface area contributed by atoms with Gasteiger partial charge in [0.25, 0.3) is 0 Å². The normalized spacial score (nSPS) is 10.9. The van der Waals surface area contributed by atoms with E-state index >= 15 is 0 Å². The van der Waals surface area contributed by atoms with Gasteiger partial charge in [0.15, 0.2) is 5.60 Å². The Balaban J connectivity index is 4.53. The van der Waals surface area contributed by atoms with Crippen molar-refractivity contribution in [3.05, 3.63) is 0 Å². The summed E-state index contributed by atoms with van der Waals surface area (Å²) in [6.45, 7) is 4.50. The molecule has 7 nitrogen and oxygen atoms in total. The number of amides is 2. The van der Waals surface area contributed by atoms with Crippen molar-refractivity contribution in [1.29, 1.82) is 0 Å². The second kappa shape index (κ2) is 8.47. The van der Waals surface area contributed by atoms with Crippen molar-refractivity contribution in [3.63, 3.8) is 0 Å². The zero-order valence-electron chi connectivity index (χ0n) is 11.4. The molecule has 0 rings (SSSR count). The predicted octanol–water partition coefficient (Wildman–Crippen LogP) is -0.365. The van der Waals surface area contributed by atoms with Crippen LogP contribution < -0.4 is 10.6 Å². The number of carboxylic acids is 1. The van der Waals surface area contributed by atoms with Crippen LogP contribution in [0.3, 0.4) is 0 Å². The fraction of sp³-hybridized carbons (Fsp3) is 0.750. The molecule has 0 aliphatic rings. The second-order valence-corrected chi connectivity index (χ2v) is 4.39. The van der Waals surface area contributed by atoms with E-state index in [2.05, 4.69) is 10.6 Å². The van der Waals surface area contributed by atoms with Crippen molar-refractivity contribution in [2.45, 2.75) is 45.1 Å². The van der Waals surface area contributed by atoms with Gasteiger partial charge in [0, 0.05) is 13.1 Å². The third-order valence-electron chi connectivity index (χ3n) is 2.45. The minimum Gasteiger partial charge on any atom is -0.479 e. The molecule has 0 aromatic rings. The third-order valence-corrected chi connectivity index (χ3v) is 2.45. The van der Waals surface area contributed by atoms with Gasteiger partial charge in [0.05, 0.1) is 12.8 Å². The molecule has 0 saturated heterocycles. The molecule has 0 heterocycles.